The normalized spacial score (nSPS) is 23.1. The molecular weight excluding hydrogens is 204 g/mol. The van der Waals surface area contributed by atoms with E-state index >= 15 is 0 Å². The highest BCUT2D eigenvalue weighted by atomic mass is 32.1. The van der Waals surface area contributed by atoms with Crippen molar-refractivity contribution in [2.75, 3.05) is 12.3 Å². The number of ether oxygens (including phenoxy) is 1. The van der Waals surface area contributed by atoms with Crippen LogP contribution < -0.4 is 11.1 Å². The van der Waals surface area contributed by atoms with Gasteiger partial charge >= 0.3 is 11.9 Å². The maximum Gasteiger partial charge on any atom is 0.331 e. The molecule has 14 heavy (non-hydrogen) atoms. The van der Waals surface area contributed by atoms with Gasteiger partial charge in [0.1, 0.15) is 12.1 Å². The van der Waals surface area contributed by atoms with E-state index in [0.717, 1.165) is 13.0 Å². The number of nitrogens with one attached hydrogen (secondary N) is 1. The fourth-order valence-electron chi connectivity index (χ4n) is 1.21. The molecular formula is C8H14N2O3S. The summed E-state index contributed by atoms with van der Waals surface area (Å²) in [6.07, 6.45) is 1.63. The van der Waals surface area contributed by atoms with Crippen molar-refractivity contribution in [3.05, 3.63) is 0 Å². The Morgan fingerprint density at radius 1 is 1.64 bits per heavy atom. The summed E-state index contributed by atoms with van der Waals surface area (Å²) in [7, 11) is 0. The molecule has 3 N–H and O–H groups in total. The third kappa shape index (κ3) is 2.97. The van der Waals surface area contributed by atoms with Crippen LogP contribution in [0.4, 0.5) is 0 Å². The molecule has 0 spiro atoms. The molecule has 1 fully saturated rings. The maximum absolute atomic E-state index is 11.3. The molecule has 0 bridgehead atoms. The van der Waals surface area contributed by atoms with Crippen LogP contribution in [0.25, 0.3) is 0 Å². The summed E-state index contributed by atoms with van der Waals surface area (Å²) in [6.45, 7) is 0.784. The number of carbonyl (C=O) groups is 2. The van der Waals surface area contributed by atoms with Gasteiger partial charge < -0.3 is 15.8 Å². The molecule has 0 aromatic carbocycles. The molecule has 0 amide bonds. The van der Waals surface area contributed by atoms with Gasteiger partial charge in [0.2, 0.25) is 0 Å². The SMILES string of the molecule is N[C@@H](CS)C(=O)OC(=O)[C@@H]1CCCN1. The predicted molar refractivity (Wildman–Crippen MR) is 54.0 cm³/mol. The number of hydrogen-bond acceptors (Lipinski definition) is 6. The largest absolute Gasteiger partial charge is 0.391 e. The van der Waals surface area contributed by atoms with E-state index in [1.54, 1.807) is 0 Å². The van der Waals surface area contributed by atoms with Gasteiger partial charge in [-0.3, -0.25) is 0 Å². The molecule has 1 heterocycles. The fraction of sp³-hybridized carbons (Fsp3) is 0.750. The van der Waals surface area contributed by atoms with Crippen molar-refractivity contribution in [2.24, 2.45) is 5.73 Å². The lowest BCUT2D eigenvalue weighted by Crippen LogP contribution is -2.40. The van der Waals surface area contributed by atoms with Crippen LogP contribution in [0, 0.1) is 0 Å². The summed E-state index contributed by atoms with van der Waals surface area (Å²) in [5.41, 5.74) is 5.34. The van der Waals surface area contributed by atoms with Crippen LogP contribution in [-0.4, -0.2) is 36.3 Å². The lowest BCUT2D eigenvalue weighted by Gasteiger charge is -2.11. The Hall–Kier alpha value is -0.590. The summed E-state index contributed by atoms with van der Waals surface area (Å²) in [4.78, 5) is 22.4. The third-order valence-corrected chi connectivity index (χ3v) is 2.44. The summed E-state index contributed by atoms with van der Waals surface area (Å²) in [5.74, 6) is -1.08. The minimum absolute atomic E-state index is 0.171. The van der Waals surface area contributed by atoms with Crippen molar-refractivity contribution in [1.82, 2.24) is 5.32 Å². The van der Waals surface area contributed by atoms with E-state index in [1.807, 2.05) is 0 Å². The fourth-order valence-corrected chi connectivity index (χ4v) is 1.36. The first kappa shape index (κ1) is 11.5. The summed E-state index contributed by atoms with van der Waals surface area (Å²) in [5, 5.41) is 2.93. The van der Waals surface area contributed by atoms with Gasteiger partial charge in [-0.15, -0.1) is 0 Å². The maximum atomic E-state index is 11.3. The number of esters is 2. The zero-order valence-corrected chi connectivity index (χ0v) is 8.63. The topological polar surface area (TPSA) is 81.4 Å². The highest BCUT2D eigenvalue weighted by molar-refractivity contribution is 7.80. The molecule has 0 radical (unpaired) electrons. The molecule has 0 aromatic heterocycles. The predicted octanol–water partition coefficient (Wildman–Crippen LogP) is -0.935. The van der Waals surface area contributed by atoms with E-state index < -0.39 is 18.0 Å². The zero-order valence-electron chi connectivity index (χ0n) is 7.73. The third-order valence-electron chi connectivity index (χ3n) is 2.05. The summed E-state index contributed by atoms with van der Waals surface area (Å²) in [6, 6.07) is -1.19. The first-order valence-corrected chi connectivity index (χ1v) is 5.13. The molecule has 6 heteroatoms. The number of hydrogen-bond donors (Lipinski definition) is 3. The van der Waals surface area contributed by atoms with E-state index in [-0.39, 0.29) is 11.8 Å². The number of carbonyl (C=O) groups excluding carboxylic acids is 2. The van der Waals surface area contributed by atoms with E-state index in [1.165, 1.54) is 0 Å². The highest BCUT2D eigenvalue weighted by Crippen LogP contribution is 2.06. The molecule has 0 aliphatic carbocycles. The molecule has 80 valence electrons. The summed E-state index contributed by atoms with van der Waals surface area (Å²) >= 11 is 3.83. The quantitative estimate of drug-likeness (QED) is 0.324. The Morgan fingerprint density at radius 2 is 2.36 bits per heavy atom. The summed E-state index contributed by atoms with van der Waals surface area (Å²) < 4.78 is 4.57. The Morgan fingerprint density at radius 3 is 2.86 bits per heavy atom. The molecule has 1 aliphatic heterocycles. The van der Waals surface area contributed by atoms with Gasteiger partial charge in [-0.25, -0.2) is 9.59 Å². The van der Waals surface area contributed by atoms with Crippen LogP contribution >= 0.6 is 12.6 Å². The van der Waals surface area contributed by atoms with E-state index in [0.29, 0.717) is 6.42 Å². The second-order valence-electron chi connectivity index (χ2n) is 3.18. The number of nitrogens with two attached hydrogens (primary N) is 1. The molecule has 1 saturated heterocycles. The van der Waals surface area contributed by atoms with Gasteiger partial charge in [-0.05, 0) is 19.4 Å². The van der Waals surface area contributed by atoms with Gasteiger partial charge in [0.25, 0.3) is 0 Å². The Kier molecular flexibility index (Phi) is 4.37. The first-order chi connectivity index (χ1) is 6.65. The highest BCUT2D eigenvalue weighted by Gasteiger charge is 2.27. The lowest BCUT2D eigenvalue weighted by atomic mass is 10.2. The second kappa shape index (κ2) is 5.33. The van der Waals surface area contributed by atoms with Crippen molar-refractivity contribution in [3.63, 3.8) is 0 Å². The Labute approximate surface area is 87.8 Å². The minimum atomic E-state index is -0.830. The van der Waals surface area contributed by atoms with Crippen molar-refractivity contribution in [2.45, 2.75) is 24.9 Å². The van der Waals surface area contributed by atoms with Crippen molar-refractivity contribution >= 4 is 24.6 Å². The van der Waals surface area contributed by atoms with Crippen LogP contribution in [0.2, 0.25) is 0 Å². The average Bonchev–Trinajstić information content (AvgIpc) is 2.69. The van der Waals surface area contributed by atoms with Crippen LogP contribution in [0.3, 0.4) is 0 Å². The van der Waals surface area contributed by atoms with Crippen LogP contribution in [0.5, 0.6) is 0 Å². The van der Waals surface area contributed by atoms with Crippen LogP contribution in [0.1, 0.15) is 12.8 Å². The standard InChI is InChI=1S/C8H14N2O3S/c9-5(4-14)7(11)13-8(12)6-2-1-3-10-6/h5-6,10,14H,1-4,9H2/t5-,6-/m0/s1. The minimum Gasteiger partial charge on any atom is -0.391 e. The Balaban J connectivity index is 2.35. The van der Waals surface area contributed by atoms with Crippen LogP contribution in [0.15, 0.2) is 0 Å². The number of thiol groups is 1. The average molecular weight is 218 g/mol. The van der Waals surface area contributed by atoms with Crippen molar-refractivity contribution in [1.29, 1.82) is 0 Å². The lowest BCUT2D eigenvalue weighted by molar-refractivity contribution is -0.161. The number of rotatable bonds is 3. The van der Waals surface area contributed by atoms with E-state index in [9.17, 15) is 9.59 Å². The molecule has 0 unspecified atom stereocenters. The molecule has 1 rings (SSSR count). The van der Waals surface area contributed by atoms with Gasteiger partial charge in [0.05, 0.1) is 0 Å². The second-order valence-corrected chi connectivity index (χ2v) is 3.54. The van der Waals surface area contributed by atoms with Crippen LogP contribution in [-0.2, 0) is 14.3 Å². The van der Waals surface area contributed by atoms with Gasteiger partial charge in [-0.2, -0.15) is 12.6 Å². The van der Waals surface area contributed by atoms with Gasteiger partial charge in [-0.1, -0.05) is 0 Å². The molecule has 2 atom stereocenters. The molecule has 1 aliphatic rings. The van der Waals surface area contributed by atoms with E-state index in [4.69, 9.17) is 5.73 Å². The van der Waals surface area contributed by atoms with Crippen molar-refractivity contribution < 1.29 is 14.3 Å². The smallest absolute Gasteiger partial charge is 0.331 e. The van der Waals surface area contributed by atoms with Gasteiger partial charge in [0, 0.05) is 5.75 Å². The monoisotopic (exact) mass is 218 g/mol. The van der Waals surface area contributed by atoms with Gasteiger partial charge in [0.15, 0.2) is 0 Å². The zero-order chi connectivity index (χ0) is 10.6. The van der Waals surface area contributed by atoms with Crippen molar-refractivity contribution in [3.8, 4) is 0 Å². The first-order valence-electron chi connectivity index (χ1n) is 4.50. The molecule has 0 aromatic rings. The van der Waals surface area contributed by atoms with E-state index in [2.05, 4.69) is 22.7 Å². The molecule has 0 saturated carbocycles. The molecule has 5 nitrogen and oxygen atoms in total. The Bertz CT molecular complexity index is 229.